The Morgan fingerprint density at radius 1 is 1.25 bits per heavy atom. The van der Waals surface area contributed by atoms with E-state index < -0.39 is 35.2 Å². The van der Waals surface area contributed by atoms with Crippen LogP contribution in [0.4, 0.5) is 23.7 Å². The van der Waals surface area contributed by atoms with Crippen LogP contribution < -0.4 is 5.32 Å². The molecule has 0 aliphatic rings. The molecule has 0 fully saturated rings. The molecule has 0 saturated heterocycles. The lowest BCUT2D eigenvalue weighted by molar-refractivity contribution is -0.137. The van der Waals surface area contributed by atoms with Crippen molar-refractivity contribution in [3.05, 3.63) is 41.3 Å². The second-order valence-corrected chi connectivity index (χ2v) is 4.35. The van der Waals surface area contributed by atoms with E-state index in [1.54, 1.807) is 0 Å². The number of hydrogen-bond acceptors (Lipinski definition) is 6. The number of amides is 2. The number of nitrogens with zero attached hydrogens (tertiary/aromatic N) is 2. The van der Waals surface area contributed by atoms with Gasteiger partial charge in [0, 0.05) is 0 Å². The number of benzene rings is 1. The summed E-state index contributed by atoms with van der Waals surface area (Å²) < 4.78 is 41.8. The molecule has 24 heavy (non-hydrogen) atoms. The molecule has 0 atom stereocenters. The number of rotatable bonds is 4. The van der Waals surface area contributed by atoms with Crippen LogP contribution in [0.3, 0.4) is 0 Å². The molecule has 0 saturated carbocycles. The number of alkyl halides is 3. The predicted octanol–water partition coefficient (Wildman–Crippen LogP) is 3.85. The van der Waals surface area contributed by atoms with Crippen molar-refractivity contribution < 1.29 is 32.6 Å². The molecule has 0 unspecified atom stereocenters. The summed E-state index contributed by atoms with van der Waals surface area (Å²) in [5.41, 5.74) is -1.43. The zero-order valence-electron chi connectivity index (χ0n) is 12.7. The van der Waals surface area contributed by atoms with Gasteiger partial charge in [-0.05, 0) is 38.1 Å². The van der Waals surface area contributed by atoms with Crippen molar-refractivity contribution in [3.63, 3.8) is 0 Å². The van der Waals surface area contributed by atoms with Gasteiger partial charge in [-0.2, -0.15) is 18.3 Å². The third kappa shape index (κ3) is 5.71. The fourth-order valence-corrected chi connectivity index (χ4v) is 1.43. The smallest absolute Gasteiger partial charge is 0.416 e. The number of azo groups is 1. The molecule has 130 valence electrons. The topological polar surface area (TPSA) is 100 Å². The van der Waals surface area contributed by atoms with E-state index in [0.29, 0.717) is 0 Å². The molecule has 0 spiro atoms. The molecule has 0 aliphatic heterocycles. The fraction of sp³-hybridized carbons (Fsp3) is 0.286. The number of aliphatic hydroxyl groups is 1. The van der Waals surface area contributed by atoms with Gasteiger partial charge in [-0.15, -0.1) is 5.11 Å². The zero-order valence-corrected chi connectivity index (χ0v) is 12.7. The van der Waals surface area contributed by atoms with Crippen LogP contribution >= 0.6 is 0 Å². The summed E-state index contributed by atoms with van der Waals surface area (Å²) in [6.45, 7) is 2.69. The molecule has 7 nitrogen and oxygen atoms in total. The second-order valence-electron chi connectivity index (χ2n) is 4.35. The largest absolute Gasteiger partial charge is 0.510 e. The SMILES string of the molecule is CCOC(=O)NC(=O)C(N=Nc1ccc(C(F)(F)F)cc1)=C(C)O. The van der Waals surface area contributed by atoms with E-state index in [2.05, 4.69) is 15.0 Å². The number of carbonyl (C=O) groups excluding carboxylic acids is 2. The molecule has 0 bridgehead atoms. The van der Waals surface area contributed by atoms with E-state index in [0.717, 1.165) is 31.2 Å². The van der Waals surface area contributed by atoms with Gasteiger partial charge in [-0.3, -0.25) is 10.1 Å². The summed E-state index contributed by atoms with van der Waals surface area (Å²) in [5.74, 6) is -1.60. The minimum atomic E-state index is -4.48. The van der Waals surface area contributed by atoms with Gasteiger partial charge in [0.2, 0.25) is 0 Å². The molecule has 10 heteroatoms. The third-order valence-electron chi connectivity index (χ3n) is 2.51. The first-order valence-corrected chi connectivity index (χ1v) is 6.62. The standard InChI is InChI=1S/C14H14F3N3O4/c1-3-24-13(23)18-12(22)11(8(2)21)20-19-10-6-4-9(5-7-10)14(15,16)17/h4-7,21H,3H2,1-2H3,(H,18,22,23). The van der Waals surface area contributed by atoms with Crippen molar-refractivity contribution >= 4 is 17.7 Å². The van der Waals surface area contributed by atoms with Gasteiger partial charge in [0.15, 0.2) is 5.70 Å². The lowest BCUT2D eigenvalue weighted by Gasteiger charge is -2.06. The monoisotopic (exact) mass is 345 g/mol. The van der Waals surface area contributed by atoms with Crippen molar-refractivity contribution in [3.8, 4) is 0 Å². The first kappa shape index (κ1) is 19.1. The van der Waals surface area contributed by atoms with Gasteiger partial charge in [0.1, 0.15) is 5.76 Å². The van der Waals surface area contributed by atoms with E-state index in [1.165, 1.54) is 6.92 Å². The molecule has 1 aromatic carbocycles. The summed E-state index contributed by atoms with van der Waals surface area (Å²) in [7, 11) is 0. The second kappa shape index (κ2) is 8.09. The molecule has 2 amide bonds. The van der Waals surface area contributed by atoms with E-state index in [4.69, 9.17) is 0 Å². The van der Waals surface area contributed by atoms with Crippen LogP contribution in [-0.2, 0) is 15.7 Å². The molecular weight excluding hydrogens is 331 g/mol. The van der Waals surface area contributed by atoms with Crippen LogP contribution in [0.1, 0.15) is 19.4 Å². The number of carbonyl (C=O) groups is 2. The van der Waals surface area contributed by atoms with Crippen LogP contribution in [-0.4, -0.2) is 23.7 Å². The van der Waals surface area contributed by atoms with Crippen molar-refractivity contribution in [2.45, 2.75) is 20.0 Å². The first-order chi connectivity index (χ1) is 11.1. The van der Waals surface area contributed by atoms with Crippen LogP contribution in [0.15, 0.2) is 46.0 Å². The van der Waals surface area contributed by atoms with Crippen LogP contribution in [0.5, 0.6) is 0 Å². The Kier molecular flexibility index (Phi) is 6.45. The molecule has 0 radical (unpaired) electrons. The molecule has 1 aromatic rings. The Morgan fingerprint density at radius 2 is 1.83 bits per heavy atom. The average Bonchev–Trinajstić information content (AvgIpc) is 2.46. The highest BCUT2D eigenvalue weighted by Crippen LogP contribution is 2.30. The average molecular weight is 345 g/mol. The van der Waals surface area contributed by atoms with Crippen LogP contribution in [0.2, 0.25) is 0 Å². The van der Waals surface area contributed by atoms with Crippen LogP contribution in [0, 0.1) is 0 Å². The predicted molar refractivity (Wildman–Crippen MR) is 76.5 cm³/mol. The van der Waals surface area contributed by atoms with E-state index in [1.807, 2.05) is 5.32 Å². The number of aliphatic hydroxyl groups excluding tert-OH is 1. The minimum absolute atomic E-state index is 0.0192. The first-order valence-electron chi connectivity index (χ1n) is 6.62. The number of nitrogens with one attached hydrogen (secondary N) is 1. The molecule has 0 aliphatic carbocycles. The Labute approximate surface area is 134 Å². The quantitative estimate of drug-likeness (QED) is 0.492. The minimum Gasteiger partial charge on any atom is -0.510 e. The maximum absolute atomic E-state index is 12.4. The molecule has 2 N–H and O–H groups in total. The van der Waals surface area contributed by atoms with Crippen molar-refractivity contribution in [2.75, 3.05) is 6.61 Å². The van der Waals surface area contributed by atoms with Crippen molar-refractivity contribution in [1.29, 1.82) is 0 Å². The number of halogens is 3. The Bertz CT molecular complexity index is 663. The summed E-state index contributed by atoms with van der Waals surface area (Å²) in [6, 6.07) is 3.67. The number of alkyl carbamates (subject to hydrolysis) is 1. The summed E-state index contributed by atoms with van der Waals surface area (Å²) in [5, 5.41) is 18.2. The lowest BCUT2D eigenvalue weighted by Crippen LogP contribution is -2.32. The van der Waals surface area contributed by atoms with E-state index >= 15 is 0 Å². The Morgan fingerprint density at radius 3 is 2.29 bits per heavy atom. The summed E-state index contributed by atoms with van der Waals surface area (Å²) in [6.07, 6.45) is -5.52. The molecule has 0 heterocycles. The van der Waals surface area contributed by atoms with Gasteiger partial charge in [-0.1, -0.05) is 0 Å². The van der Waals surface area contributed by atoms with Gasteiger partial charge in [0.05, 0.1) is 17.9 Å². The van der Waals surface area contributed by atoms with E-state index in [-0.39, 0.29) is 12.3 Å². The number of ether oxygens (including phenoxy) is 1. The third-order valence-corrected chi connectivity index (χ3v) is 2.51. The number of imide groups is 1. The van der Waals surface area contributed by atoms with Gasteiger partial charge in [-0.25, -0.2) is 4.79 Å². The molecule has 1 rings (SSSR count). The normalized spacial score (nSPS) is 12.7. The highest BCUT2D eigenvalue weighted by Gasteiger charge is 2.29. The number of hydrogen-bond donors (Lipinski definition) is 2. The summed E-state index contributed by atoms with van der Waals surface area (Å²) in [4.78, 5) is 22.9. The Hall–Kier alpha value is -2.91. The van der Waals surface area contributed by atoms with Gasteiger partial charge < -0.3 is 9.84 Å². The fourth-order valence-electron chi connectivity index (χ4n) is 1.43. The van der Waals surface area contributed by atoms with Gasteiger partial charge >= 0.3 is 12.3 Å². The highest BCUT2D eigenvalue weighted by atomic mass is 19.4. The molecular formula is C14H14F3N3O4. The number of allylic oxidation sites excluding steroid dienone is 1. The lowest BCUT2D eigenvalue weighted by atomic mass is 10.2. The highest BCUT2D eigenvalue weighted by molar-refractivity contribution is 6.02. The maximum atomic E-state index is 12.4. The van der Waals surface area contributed by atoms with Crippen molar-refractivity contribution in [1.82, 2.24) is 5.32 Å². The van der Waals surface area contributed by atoms with Crippen LogP contribution in [0.25, 0.3) is 0 Å². The molecule has 0 aromatic heterocycles. The van der Waals surface area contributed by atoms with E-state index in [9.17, 15) is 27.9 Å². The van der Waals surface area contributed by atoms with Gasteiger partial charge in [0.25, 0.3) is 5.91 Å². The Balaban J connectivity index is 2.90. The maximum Gasteiger partial charge on any atom is 0.416 e. The zero-order chi connectivity index (χ0) is 18.3. The van der Waals surface area contributed by atoms with Crippen molar-refractivity contribution in [2.24, 2.45) is 10.2 Å². The summed E-state index contributed by atoms with van der Waals surface area (Å²) >= 11 is 0.